The first-order chi connectivity index (χ1) is 12.6. The number of fused-ring (bicyclic) bond motifs is 1. The summed E-state index contributed by atoms with van der Waals surface area (Å²) in [5.74, 6) is -1.92. The number of hydrogen-bond acceptors (Lipinski definition) is 0. The Morgan fingerprint density at radius 1 is 0.846 bits per heavy atom. The van der Waals surface area contributed by atoms with Crippen molar-refractivity contribution in [1.29, 1.82) is 0 Å². The lowest BCUT2D eigenvalue weighted by molar-refractivity contribution is 0.249. The van der Waals surface area contributed by atoms with Gasteiger partial charge in [0.1, 0.15) is 0 Å². The third-order valence-electron chi connectivity index (χ3n) is 6.06. The van der Waals surface area contributed by atoms with E-state index in [1.165, 1.54) is 51.4 Å². The Kier molecular flexibility index (Phi) is 6.61. The maximum absolute atomic E-state index is 13.8. The van der Waals surface area contributed by atoms with Crippen LogP contribution in [0.3, 0.4) is 0 Å². The third-order valence-corrected chi connectivity index (χ3v) is 6.06. The van der Waals surface area contributed by atoms with E-state index in [4.69, 9.17) is 0 Å². The largest absolute Gasteiger partial charge is 0.204 e. The van der Waals surface area contributed by atoms with Crippen molar-refractivity contribution in [1.82, 2.24) is 0 Å². The summed E-state index contributed by atoms with van der Waals surface area (Å²) in [5, 5.41) is 0.596. The molecule has 0 spiro atoms. The smallest absolute Gasteiger partial charge is 0.195 e. The molecule has 1 saturated carbocycles. The molecule has 2 aromatic carbocycles. The van der Waals surface area contributed by atoms with E-state index in [1.807, 2.05) is 6.07 Å². The van der Waals surface area contributed by atoms with Crippen LogP contribution in [0.2, 0.25) is 0 Å². The molecule has 0 N–H and O–H groups in total. The Morgan fingerprint density at radius 3 is 2.23 bits per heavy atom. The lowest BCUT2D eigenvalue weighted by Crippen LogP contribution is -2.15. The van der Waals surface area contributed by atoms with Crippen LogP contribution < -0.4 is 0 Å². The van der Waals surface area contributed by atoms with Crippen LogP contribution in [0.5, 0.6) is 0 Å². The molecule has 0 saturated heterocycles. The van der Waals surface area contributed by atoms with Gasteiger partial charge in [0.05, 0.1) is 0 Å². The predicted molar refractivity (Wildman–Crippen MR) is 102 cm³/mol. The molecule has 0 heterocycles. The lowest BCUT2D eigenvalue weighted by Gasteiger charge is -2.28. The van der Waals surface area contributed by atoms with Crippen molar-refractivity contribution in [3.05, 3.63) is 47.3 Å². The van der Waals surface area contributed by atoms with Crippen LogP contribution in [0.15, 0.2) is 24.3 Å². The highest BCUT2D eigenvalue weighted by molar-refractivity contribution is 5.84. The number of halogens is 3. The zero-order valence-electron chi connectivity index (χ0n) is 15.7. The second-order valence-corrected chi connectivity index (χ2v) is 7.96. The van der Waals surface area contributed by atoms with Crippen molar-refractivity contribution < 1.29 is 13.2 Å². The number of hydrogen-bond donors (Lipinski definition) is 0. The van der Waals surface area contributed by atoms with E-state index in [-0.39, 0.29) is 5.39 Å². The Bertz CT molecular complexity index is 730. The topological polar surface area (TPSA) is 0 Å². The van der Waals surface area contributed by atoms with E-state index in [9.17, 15) is 13.2 Å². The van der Waals surface area contributed by atoms with Crippen LogP contribution in [0, 0.1) is 29.3 Å². The molecule has 0 aliphatic heterocycles. The van der Waals surface area contributed by atoms with Gasteiger partial charge < -0.3 is 0 Å². The Hall–Kier alpha value is -1.51. The Labute approximate surface area is 154 Å². The van der Waals surface area contributed by atoms with E-state index in [2.05, 4.69) is 6.92 Å². The van der Waals surface area contributed by atoms with Gasteiger partial charge in [-0.15, -0.1) is 0 Å². The van der Waals surface area contributed by atoms with E-state index in [0.717, 1.165) is 36.3 Å². The highest BCUT2D eigenvalue weighted by atomic mass is 19.2. The fourth-order valence-corrected chi connectivity index (χ4v) is 4.37. The molecule has 142 valence electrons. The quantitative estimate of drug-likeness (QED) is 0.352. The second kappa shape index (κ2) is 8.92. The minimum absolute atomic E-state index is 0.153. The van der Waals surface area contributed by atoms with Gasteiger partial charge in [-0.25, -0.2) is 13.2 Å². The average molecular weight is 362 g/mol. The van der Waals surface area contributed by atoms with Crippen LogP contribution in [0.25, 0.3) is 10.8 Å². The summed E-state index contributed by atoms with van der Waals surface area (Å²) in [4.78, 5) is 0. The molecular formula is C23H29F3. The molecule has 0 nitrogen and oxygen atoms in total. The molecule has 0 atom stereocenters. The molecular weight excluding hydrogens is 333 g/mol. The van der Waals surface area contributed by atoms with Crippen LogP contribution in [0.4, 0.5) is 13.2 Å². The summed E-state index contributed by atoms with van der Waals surface area (Å²) in [7, 11) is 0. The van der Waals surface area contributed by atoms with Gasteiger partial charge in [0.15, 0.2) is 17.5 Å². The molecule has 1 aliphatic carbocycles. The van der Waals surface area contributed by atoms with E-state index >= 15 is 0 Å². The molecule has 1 fully saturated rings. The number of aryl methyl sites for hydroxylation is 1. The zero-order valence-corrected chi connectivity index (χ0v) is 15.7. The lowest BCUT2D eigenvalue weighted by atomic mass is 9.77. The second-order valence-electron chi connectivity index (χ2n) is 7.96. The first-order valence-electron chi connectivity index (χ1n) is 10.1. The van der Waals surface area contributed by atoms with Crippen molar-refractivity contribution in [2.45, 2.75) is 71.1 Å². The molecule has 2 aromatic rings. The van der Waals surface area contributed by atoms with Gasteiger partial charge in [-0.1, -0.05) is 76.5 Å². The fraction of sp³-hybridized carbons (Fsp3) is 0.565. The first-order valence-corrected chi connectivity index (χ1v) is 10.1. The van der Waals surface area contributed by atoms with Crippen LogP contribution >= 0.6 is 0 Å². The van der Waals surface area contributed by atoms with Crippen LogP contribution in [0.1, 0.15) is 70.3 Å². The van der Waals surface area contributed by atoms with Crippen molar-refractivity contribution >= 4 is 10.8 Å². The number of unbranched alkanes of at least 4 members (excludes halogenated alkanes) is 2. The van der Waals surface area contributed by atoms with Gasteiger partial charge in [0, 0.05) is 5.39 Å². The highest BCUT2D eigenvalue weighted by Crippen LogP contribution is 2.34. The van der Waals surface area contributed by atoms with Crippen molar-refractivity contribution in [3.63, 3.8) is 0 Å². The van der Waals surface area contributed by atoms with Gasteiger partial charge in [-0.2, -0.15) is 0 Å². The molecule has 3 heteroatoms. The summed E-state index contributed by atoms with van der Waals surface area (Å²) in [6, 6.07) is 6.32. The Balaban J connectivity index is 1.53. The number of rotatable bonds is 7. The first kappa shape index (κ1) is 19.3. The molecule has 0 bridgehead atoms. The zero-order chi connectivity index (χ0) is 18.5. The fourth-order valence-electron chi connectivity index (χ4n) is 4.37. The predicted octanol–water partition coefficient (Wildman–Crippen LogP) is 7.58. The molecule has 0 unspecified atom stereocenters. The minimum atomic E-state index is -1.39. The van der Waals surface area contributed by atoms with Crippen molar-refractivity contribution in [2.24, 2.45) is 11.8 Å². The molecule has 3 rings (SSSR count). The number of benzene rings is 2. The Morgan fingerprint density at radius 2 is 1.54 bits per heavy atom. The third kappa shape index (κ3) is 4.61. The molecule has 0 aromatic heterocycles. The normalized spacial score (nSPS) is 20.6. The van der Waals surface area contributed by atoms with Crippen LogP contribution in [-0.4, -0.2) is 0 Å². The maximum atomic E-state index is 13.8. The van der Waals surface area contributed by atoms with E-state index < -0.39 is 17.5 Å². The summed E-state index contributed by atoms with van der Waals surface area (Å²) in [5.41, 5.74) is 1.08. The molecule has 1 aliphatic rings. The summed E-state index contributed by atoms with van der Waals surface area (Å²) >= 11 is 0. The van der Waals surface area contributed by atoms with Gasteiger partial charge in [-0.05, 0) is 41.7 Å². The van der Waals surface area contributed by atoms with Crippen molar-refractivity contribution in [2.75, 3.05) is 0 Å². The maximum Gasteiger partial charge on any atom is 0.195 e. The average Bonchev–Trinajstić information content (AvgIpc) is 2.65. The SMILES string of the molecule is CCCCC[C@H]1CC[C@H](CCc2ccc3c(F)c(F)c(F)cc3c2)CC1. The standard InChI is InChI=1S/C23H29F3/c1-2-3-4-5-16-6-8-17(9-7-16)10-11-18-12-13-20-19(14-18)15-21(24)23(26)22(20)25/h12-17H,2-11H2,1H3/t16-,17-. The molecule has 0 radical (unpaired) electrons. The molecule has 0 amide bonds. The van der Waals surface area contributed by atoms with Crippen LogP contribution in [-0.2, 0) is 6.42 Å². The van der Waals surface area contributed by atoms with Gasteiger partial charge in [0.2, 0.25) is 0 Å². The van der Waals surface area contributed by atoms with Gasteiger partial charge >= 0.3 is 0 Å². The van der Waals surface area contributed by atoms with E-state index in [0.29, 0.717) is 5.39 Å². The summed E-state index contributed by atoms with van der Waals surface area (Å²) in [6.07, 6.45) is 12.8. The highest BCUT2D eigenvalue weighted by Gasteiger charge is 2.21. The van der Waals surface area contributed by atoms with Gasteiger partial charge in [0.25, 0.3) is 0 Å². The summed E-state index contributed by atoms with van der Waals surface area (Å²) < 4.78 is 40.6. The van der Waals surface area contributed by atoms with Crippen molar-refractivity contribution in [3.8, 4) is 0 Å². The van der Waals surface area contributed by atoms with Gasteiger partial charge in [-0.3, -0.25) is 0 Å². The monoisotopic (exact) mass is 362 g/mol. The minimum Gasteiger partial charge on any atom is -0.204 e. The summed E-state index contributed by atoms with van der Waals surface area (Å²) in [6.45, 7) is 2.25. The van der Waals surface area contributed by atoms with E-state index in [1.54, 1.807) is 12.1 Å². The molecule has 26 heavy (non-hydrogen) atoms.